The molecule has 0 bridgehead atoms. The Balaban J connectivity index is 1.44. The van der Waals surface area contributed by atoms with Gasteiger partial charge in [0, 0.05) is 10.2 Å². The fourth-order valence-corrected chi connectivity index (χ4v) is 5.28. The van der Waals surface area contributed by atoms with Gasteiger partial charge in [0.1, 0.15) is 0 Å². The molecular weight excluding hydrogens is 476 g/mol. The lowest BCUT2D eigenvalue weighted by Crippen LogP contribution is -2.21. The normalized spacial score (nSPS) is 11.4. The van der Waals surface area contributed by atoms with Crippen molar-refractivity contribution in [2.75, 3.05) is 5.75 Å². The maximum atomic E-state index is 12.0. The number of rotatable bonds is 8. The number of carbonyl (C=O) groups is 1. The Morgan fingerprint density at radius 3 is 2.61 bits per heavy atom. The van der Waals surface area contributed by atoms with Crippen molar-refractivity contribution in [3.8, 4) is 0 Å². The van der Waals surface area contributed by atoms with Gasteiger partial charge in [-0.15, -0.1) is 10.2 Å². The molecule has 28 heavy (non-hydrogen) atoms. The van der Waals surface area contributed by atoms with Crippen LogP contribution in [0.4, 0.5) is 0 Å². The van der Waals surface area contributed by atoms with Gasteiger partial charge in [0.2, 0.25) is 0 Å². The van der Waals surface area contributed by atoms with Crippen molar-refractivity contribution in [2.24, 2.45) is 5.10 Å². The van der Waals surface area contributed by atoms with Crippen molar-refractivity contribution >= 4 is 62.4 Å². The van der Waals surface area contributed by atoms with Gasteiger partial charge in [0.05, 0.1) is 11.5 Å². The molecule has 1 heterocycles. The van der Waals surface area contributed by atoms with Crippen molar-refractivity contribution in [2.45, 2.75) is 21.4 Å². The molecule has 9 heteroatoms. The zero-order valence-corrected chi connectivity index (χ0v) is 19.0. The van der Waals surface area contributed by atoms with E-state index in [1.165, 1.54) is 28.7 Å². The zero-order valence-electron chi connectivity index (χ0n) is 15.0. The number of benzene rings is 2. The molecule has 3 rings (SSSR count). The summed E-state index contributed by atoms with van der Waals surface area (Å²) in [5, 5.41) is 12.5. The van der Waals surface area contributed by atoms with E-state index in [-0.39, 0.29) is 11.7 Å². The second-order valence-corrected chi connectivity index (χ2v) is 9.98. The molecule has 0 saturated heterocycles. The Morgan fingerprint density at radius 1 is 1.11 bits per heavy atom. The first-order chi connectivity index (χ1) is 13.6. The molecule has 0 saturated carbocycles. The van der Waals surface area contributed by atoms with Crippen LogP contribution in [0.3, 0.4) is 0 Å². The number of hydrogen-bond donors (Lipinski definition) is 1. The highest BCUT2D eigenvalue weighted by Crippen LogP contribution is 2.30. The van der Waals surface area contributed by atoms with Gasteiger partial charge in [0.15, 0.2) is 8.68 Å². The number of aromatic nitrogens is 2. The molecular formula is C19H17BrN4OS3. The largest absolute Gasteiger partial charge is 0.272 e. The monoisotopic (exact) mass is 492 g/mol. The van der Waals surface area contributed by atoms with Gasteiger partial charge < -0.3 is 0 Å². The van der Waals surface area contributed by atoms with Gasteiger partial charge in [-0.1, -0.05) is 93.3 Å². The van der Waals surface area contributed by atoms with Crippen molar-refractivity contribution in [1.29, 1.82) is 0 Å². The fourth-order valence-electron chi connectivity index (χ4n) is 2.12. The number of hydrazone groups is 1. The summed E-state index contributed by atoms with van der Waals surface area (Å²) in [5.74, 6) is 0.922. The topological polar surface area (TPSA) is 67.2 Å². The number of amides is 1. The van der Waals surface area contributed by atoms with Crippen LogP contribution in [0.1, 0.15) is 18.1 Å². The van der Waals surface area contributed by atoms with Crippen LogP contribution < -0.4 is 5.43 Å². The summed E-state index contributed by atoms with van der Waals surface area (Å²) in [7, 11) is 0. The van der Waals surface area contributed by atoms with Crippen LogP contribution in [-0.2, 0) is 10.5 Å². The standard InChI is InChI=1S/C19H17BrN4OS3/c1-13(15-8-5-9-16(20)10-15)21-22-17(25)12-27-19-24-23-18(28-19)26-11-14-6-3-2-4-7-14/h2-10H,11-12H2,1H3,(H,22,25). The molecule has 1 aromatic heterocycles. The minimum atomic E-state index is -0.173. The molecule has 3 aromatic rings. The van der Waals surface area contributed by atoms with Crippen LogP contribution in [-0.4, -0.2) is 27.6 Å². The highest BCUT2D eigenvalue weighted by atomic mass is 79.9. The van der Waals surface area contributed by atoms with E-state index in [1.807, 2.05) is 49.4 Å². The SMILES string of the molecule is CC(=NNC(=O)CSc1nnc(SCc2ccccc2)s1)c1cccc(Br)c1. The maximum absolute atomic E-state index is 12.0. The molecule has 1 N–H and O–H groups in total. The van der Waals surface area contributed by atoms with Crippen molar-refractivity contribution in [3.63, 3.8) is 0 Å². The summed E-state index contributed by atoms with van der Waals surface area (Å²) < 4.78 is 2.65. The van der Waals surface area contributed by atoms with Gasteiger partial charge in [-0.05, 0) is 30.2 Å². The molecule has 2 aromatic carbocycles. The third-order valence-corrected chi connectivity index (χ3v) is 7.26. The van der Waals surface area contributed by atoms with Crippen LogP contribution in [0.15, 0.2) is 72.9 Å². The maximum Gasteiger partial charge on any atom is 0.250 e. The molecule has 0 radical (unpaired) electrons. The Labute approximate surface area is 184 Å². The summed E-state index contributed by atoms with van der Waals surface area (Å²) >= 11 is 7.94. The van der Waals surface area contributed by atoms with E-state index >= 15 is 0 Å². The lowest BCUT2D eigenvalue weighted by molar-refractivity contribution is -0.118. The quantitative estimate of drug-likeness (QED) is 0.265. The first-order valence-corrected chi connectivity index (χ1v) is 11.9. The second-order valence-electron chi connectivity index (χ2n) is 5.64. The molecule has 0 aliphatic carbocycles. The van der Waals surface area contributed by atoms with Gasteiger partial charge in [-0.2, -0.15) is 5.10 Å². The molecule has 0 unspecified atom stereocenters. The summed E-state index contributed by atoms with van der Waals surface area (Å²) in [6.45, 7) is 1.86. The van der Waals surface area contributed by atoms with E-state index in [9.17, 15) is 4.79 Å². The Kier molecular flexibility index (Phi) is 8.08. The molecule has 1 amide bonds. The van der Waals surface area contributed by atoms with Gasteiger partial charge in [0.25, 0.3) is 5.91 Å². The van der Waals surface area contributed by atoms with Crippen LogP contribution in [0.25, 0.3) is 0 Å². The number of carbonyl (C=O) groups excluding carboxylic acids is 1. The second kappa shape index (κ2) is 10.8. The summed E-state index contributed by atoms with van der Waals surface area (Å²) in [4.78, 5) is 12.0. The Bertz CT molecular complexity index is 963. The number of nitrogens with one attached hydrogen (secondary N) is 1. The van der Waals surface area contributed by atoms with Crippen molar-refractivity contribution < 1.29 is 4.79 Å². The van der Waals surface area contributed by atoms with Gasteiger partial charge in [-0.3, -0.25) is 4.79 Å². The van der Waals surface area contributed by atoms with Crippen molar-refractivity contribution in [3.05, 3.63) is 70.2 Å². The number of thioether (sulfide) groups is 2. The van der Waals surface area contributed by atoms with Crippen LogP contribution in [0.2, 0.25) is 0 Å². The number of hydrogen-bond acceptors (Lipinski definition) is 7. The summed E-state index contributed by atoms with van der Waals surface area (Å²) in [6, 6.07) is 18.0. The van der Waals surface area contributed by atoms with Crippen LogP contribution in [0, 0.1) is 0 Å². The fraction of sp³-hybridized carbons (Fsp3) is 0.158. The molecule has 144 valence electrons. The molecule has 0 fully saturated rings. The lowest BCUT2D eigenvalue weighted by atomic mass is 10.1. The summed E-state index contributed by atoms with van der Waals surface area (Å²) in [5.41, 5.74) is 5.53. The van der Waals surface area contributed by atoms with Crippen LogP contribution >= 0.6 is 50.8 Å². The van der Waals surface area contributed by atoms with Gasteiger partial charge >= 0.3 is 0 Å². The molecule has 0 atom stereocenters. The van der Waals surface area contributed by atoms with E-state index < -0.39 is 0 Å². The first-order valence-electron chi connectivity index (χ1n) is 8.32. The smallest absolute Gasteiger partial charge is 0.250 e. The number of nitrogens with zero attached hydrogens (tertiary/aromatic N) is 3. The number of halogens is 1. The zero-order chi connectivity index (χ0) is 19.8. The van der Waals surface area contributed by atoms with E-state index in [0.29, 0.717) is 0 Å². The molecule has 0 aliphatic rings. The highest BCUT2D eigenvalue weighted by molar-refractivity contribution is 9.10. The van der Waals surface area contributed by atoms with E-state index in [2.05, 4.69) is 48.8 Å². The minimum Gasteiger partial charge on any atom is -0.272 e. The Hall–Kier alpha value is -1.68. The summed E-state index contributed by atoms with van der Waals surface area (Å²) in [6.07, 6.45) is 0. The predicted octanol–water partition coefficient (Wildman–Crippen LogP) is 5.23. The molecule has 5 nitrogen and oxygen atoms in total. The third kappa shape index (κ3) is 6.73. The minimum absolute atomic E-state index is 0.173. The van der Waals surface area contributed by atoms with Gasteiger partial charge in [-0.25, -0.2) is 5.43 Å². The first kappa shape index (κ1) is 21.0. The van der Waals surface area contributed by atoms with E-state index in [1.54, 1.807) is 11.8 Å². The van der Waals surface area contributed by atoms with E-state index in [0.717, 1.165) is 30.2 Å². The molecule has 0 aliphatic heterocycles. The van der Waals surface area contributed by atoms with Crippen LogP contribution in [0.5, 0.6) is 0 Å². The Morgan fingerprint density at radius 2 is 1.86 bits per heavy atom. The third-order valence-electron chi connectivity index (χ3n) is 3.51. The van der Waals surface area contributed by atoms with Crippen molar-refractivity contribution in [1.82, 2.24) is 15.6 Å². The average Bonchev–Trinajstić information content (AvgIpc) is 3.17. The predicted molar refractivity (Wildman–Crippen MR) is 121 cm³/mol. The van der Waals surface area contributed by atoms with E-state index in [4.69, 9.17) is 0 Å². The molecule has 0 spiro atoms. The average molecular weight is 493 g/mol. The highest BCUT2D eigenvalue weighted by Gasteiger charge is 2.09. The lowest BCUT2D eigenvalue weighted by Gasteiger charge is -2.02.